The third-order valence-electron chi connectivity index (χ3n) is 4.97. The van der Waals surface area contributed by atoms with Crippen LogP contribution in [0.25, 0.3) is 11.4 Å². The number of nitrogens with one attached hydrogen (secondary N) is 1. The molecular weight excluding hydrogens is 375 g/mol. The predicted molar refractivity (Wildman–Crippen MR) is 107 cm³/mol. The molecule has 1 aliphatic rings. The van der Waals surface area contributed by atoms with Crippen molar-refractivity contribution < 1.29 is 9.18 Å². The number of hydrogen-bond acceptors (Lipinski definition) is 4. The highest BCUT2D eigenvalue weighted by Crippen LogP contribution is 2.29. The fourth-order valence-electron chi connectivity index (χ4n) is 3.56. The molecule has 1 heterocycles. The SMILES string of the molecule is Cn1c(SCC(=O)N[C@H]2CCCc3ccccc32)nnc1-c1ccc(F)cc1. The summed E-state index contributed by atoms with van der Waals surface area (Å²) < 4.78 is 14.9. The molecule has 1 aliphatic carbocycles. The Labute approximate surface area is 167 Å². The van der Waals surface area contributed by atoms with Crippen LogP contribution in [0, 0.1) is 5.82 Å². The summed E-state index contributed by atoms with van der Waals surface area (Å²) in [5.74, 6) is 0.609. The van der Waals surface area contributed by atoms with Crippen molar-refractivity contribution in [2.24, 2.45) is 7.05 Å². The van der Waals surface area contributed by atoms with Crippen molar-refractivity contribution in [3.05, 3.63) is 65.5 Å². The van der Waals surface area contributed by atoms with E-state index in [1.807, 2.05) is 23.7 Å². The molecule has 1 aromatic heterocycles. The smallest absolute Gasteiger partial charge is 0.230 e. The van der Waals surface area contributed by atoms with E-state index in [0.717, 1.165) is 24.8 Å². The number of rotatable bonds is 5. The molecule has 0 bridgehead atoms. The number of nitrogens with zero attached hydrogens (tertiary/aromatic N) is 3. The van der Waals surface area contributed by atoms with Crippen LogP contribution in [0.5, 0.6) is 0 Å². The third-order valence-corrected chi connectivity index (χ3v) is 5.99. The van der Waals surface area contributed by atoms with Crippen LogP contribution in [0.2, 0.25) is 0 Å². The van der Waals surface area contributed by atoms with Gasteiger partial charge in [-0.2, -0.15) is 0 Å². The van der Waals surface area contributed by atoms with Gasteiger partial charge in [0.25, 0.3) is 0 Å². The molecule has 144 valence electrons. The molecule has 0 spiro atoms. The monoisotopic (exact) mass is 396 g/mol. The van der Waals surface area contributed by atoms with Crippen LogP contribution < -0.4 is 5.32 Å². The molecule has 2 aromatic carbocycles. The zero-order valence-electron chi connectivity index (χ0n) is 15.6. The van der Waals surface area contributed by atoms with Crippen molar-refractivity contribution in [1.29, 1.82) is 0 Å². The van der Waals surface area contributed by atoms with Crippen molar-refractivity contribution in [1.82, 2.24) is 20.1 Å². The van der Waals surface area contributed by atoms with Gasteiger partial charge < -0.3 is 9.88 Å². The number of thioether (sulfide) groups is 1. The van der Waals surface area contributed by atoms with Crippen molar-refractivity contribution in [3.63, 3.8) is 0 Å². The topological polar surface area (TPSA) is 59.8 Å². The highest BCUT2D eigenvalue weighted by molar-refractivity contribution is 7.99. The zero-order valence-corrected chi connectivity index (χ0v) is 16.4. The van der Waals surface area contributed by atoms with Crippen LogP contribution in [0.4, 0.5) is 4.39 Å². The lowest BCUT2D eigenvalue weighted by Gasteiger charge is -2.26. The van der Waals surface area contributed by atoms with Crippen LogP contribution in [0.15, 0.2) is 53.7 Å². The van der Waals surface area contributed by atoms with Crippen LogP contribution in [0.3, 0.4) is 0 Å². The standard InChI is InChI=1S/C21H21FN4OS/c1-26-20(15-9-11-16(22)12-10-15)24-25-21(26)28-13-19(27)23-18-8-4-6-14-5-2-3-7-17(14)18/h2-3,5,7,9-12,18H,4,6,8,13H2,1H3,(H,23,27)/t18-/m0/s1. The molecule has 0 fully saturated rings. The first-order valence-corrected chi connectivity index (χ1v) is 10.3. The van der Waals surface area contributed by atoms with Gasteiger partial charge in [0.15, 0.2) is 11.0 Å². The fourth-order valence-corrected chi connectivity index (χ4v) is 4.28. The van der Waals surface area contributed by atoms with Crippen molar-refractivity contribution in [2.75, 3.05) is 5.75 Å². The molecule has 0 radical (unpaired) electrons. The maximum Gasteiger partial charge on any atom is 0.230 e. The van der Waals surface area contributed by atoms with Crippen LogP contribution >= 0.6 is 11.8 Å². The molecule has 3 aromatic rings. The van der Waals surface area contributed by atoms with E-state index in [0.29, 0.717) is 11.0 Å². The van der Waals surface area contributed by atoms with Gasteiger partial charge in [-0.25, -0.2) is 4.39 Å². The van der Waals surface area contributed by atoms with E-state index in [4.69, 9.17) is 0 Å². The molecule has 4 rings (SSSR count). The van der Waals surface area contributed by atoms with Crippen molar-refractivity contribution in [2.45, 2.75) is 30.5 Å². The van der Waals surface area contributed by atoms with E-state index >= 15 is 0 Å². The van der Waals surface area contributed by atoms with E-state index in [9.17, 15) is 9.18 Å². The number of hydrogen-bond donors (Lipinski definition) is 1. The van der Waals surface area contributed by atoms with Gasteiger partial charge in [-0.1, -0.05) is 36.0 Å². The van der Waals surface area contributed by atoms with Crippen LogP contribution in [-0.4, -0.2) is 26.4 Å². The Kier molecular flexibility index (Phi) is 5.43. The van der Waals surface area contributed by atoms with Gasteiger partial charge in [0.2, 0.25) is 5.91 Å². The Balaban J connectivity index is 1.39. The Morgan fingerprint density at radius 3 is 2.82 bits per heavy atom. The number of aryl methyl sites for hydroxylation is 1. The molecule has 5 nitrogen and oxygen atoms in total. The summed E-state index contributed by atoms with van der Waals surface area (Å²) in [6, 6.07) is 14.5. The van der Waals surface area contributed by atoms with E-state index in [1.165, 1.54) is 35.0 Å². The molecule has 1 N–H and O–H groups in total. The molecular formula is C21H21FN4OS. The number of fused-ring (bicyclic) bond motifs is 1. The Morgan fingerprint density at radius 2 is 2.00 bits per heavy atom. The largest absolute Gasteiger partial charge is 0.349 e. The third kappa shape index (κ3) is 3.94. The average Bonchev–Trinajstić information content (AvgIpc) is 3.08. The van der Waals surface area contributed by atoms with Gasteiger partial charge in [0, 0.05) is 12.6 Å². The Morgan fingerprint density at radius 1 is 1.21 bits per heavy atom. The molecule has 0 saturated heterocycles. The second-order valence-corrected chi connectivity index (χ2v) is 7.81. The number of amides is 1. The minimum Gasteiger partial charge on any atom is -0.349 e. The van der Waals surface area contributed by atoms with Gasteiger partial charge in [0.05, 0.1) is 11.8 Å². The molecule has 0 aliphatic heterocycles. The van der Waals surface area contributed by atoms with Crippen molar-refractivity contribution in [3.8, 4) is 11.4 Å². The first-order chi connectivity index (χ1) is 13.6. The molecule has 7 heteroatoms. The number of carbonyl (C=O) groups excluding carboxylic acids is 1. The lowest BCUT2D eigenvalue weighted by molar-refractivity contribution is -0.119. The van der Waals surface area contributed by atoms with E-state index in [1.54, 1.807) is 12.1 Å². The minimum absolute atomic E-state index is 0.0157. The summed E-state index contributed by atoms with van der Waals surface area (Å²) in [4.78, 5) is 12.5. The number of halogens is 1. The molecule has 1 amide bonds. The Bertz CT molecular complexity index is 986. The second kappa shape index (κ2) is 8.14. The van der Waals surface area contributed by atoms with E-state index < -0.39 is 0 Å². The van der Waals surface area contributed by atoms with Crippen LogP contribution in [-0.2, 0) is 18.3 Å². The summed E-state index contributed by atoms with van der Waals surface area (Å²) >= 11 is 1.35. The summed E-state index contributed by atoms with van der Waals surface area (Å²) in [5, 5.41) is 12.2. The molecule has 28 heavy (non-hydrogen) atoms. The summed E-state index contributed by atoms with van der Waals surface area (Å²) in [6.45, 7) is 0. The fraction of sp³-hybridized carbons (Fsp3) is 0.286. The van der Waals surface area contributed by atoms with Crippen molar-refractivity contribution >= 4 is 17.7 Å². The summed E-state index contributed by atoms with van der Waals surface area (Å²) in [6.07, 6.45) is 3.12. The first-order valence-electron chi connectivity index (χ1n) is 9.27. The lowest BCUT2D eigenvalue weighted by atomic mass is 9.88. The maximum absolute atomic E-state index is 13.1. The number of carbonyl (C=O) groups is 1. The average molecular weight is 396 g/mol. The maximum atomic E-state index is 13.1. The normalized spacial score (nSPS) is 15.9. The molecule has 0 unspecified atom stereocenters. The first kappa shape index (κ1) is 18.7. The molecule has 1 atom stereocenters. The highest BCUT2D eigenvalue weighted by Gasteiger charge is 2.21. The van der Waals surface area contributed by atoms with Gasteiger partial charge >= 0.3 is 0 Å². The summed E-state index contributed by atoms with van der Waals surface area (Å²) in [5.41, 5.74) is 3.33. The van der Waals surface area contributed by atoms with Gasteiger partial charge in [-0.05, 0) is 54.7 Å². The number of benzene rings is 2. The van der Waals surface area contributed by atoms with E-state index in [2.05, 4.69) is 27.6 Å². The Hall–Kier alpha value is -2.67. The quantitative estimate of drug-likeness (QED) is 0.665. The highest BCUT2D eigenvalue weighted by atomic mass is 32.2. The molecule has 0 saturated carbocycles. The van der Waals surface area contributed by atoms with Crippen LogP contribution in [0.1, 0.15) is 30.0 Å². The number of aromatic nitrogens is 3. The minimum atomic E-state index is -0.290. The van der Waals surface area contributed by atoms with Gasteiger partial charge in [-0.3, -0.25) is 4.79 Å². The van der Waals surface area contributed by atoms with Gasteiger partial charge in [-0.15, -0.1) is 10.2 Å². The van der Waals surface area contributed by atoms with E-state index in [-0.39, 0.29) is 23.5 Å². The van der Waals surface area contributed by atoms with Gasteiger partial charge in [0.1, 0.15) is 5.82 Å². The zero-order chi connectivity index (χ0) is 19.5. The second-order valence-electron chi connectivity index (χ2n) is 6.87. The summed E-state index contributed by atoms with van der Waals surface area (Å²) in [7, 11) is 1.84. The lowest BCUT2D eigenvalue weighted by Crippen LogP contribution is -2.32. The predicted octanol–water partition coefficient (Wildman–Crippen LogP) is 3.91.